The van der Waals surface area contributed by atoms with Crippen LogP contribution in [0, 0.1) is 0 Å². The molecule has 0 heterocycles. The molecule has 0 fully saturated rings. The Balaban J connectivity index is -0.0000000182. The zero-order chi connectivity index (χ0) is 20.6. The Labute approximate surface area is 142 Å². The molecule has 0 aromatic carbocycles. The summed E-state index contributed by atoms with van der Waals surface area (Å²) in [5, 5.41) is 0. The van der Waals surface area contributed by atoms with Crippen LogP contribution in [0.1, 0.15) is 110 Å². The molecule has 0 radical (unpaired) electrons. The van der Waals surface area contributed by atoms with Crippen molar-refractivity contribution >= 4 is 0 Å². The summed E-state index contributed by atoms with van der Waals surface area (Å²) >= 11 is 0. The molecule has 22 heavy (non-hydrogen) atoms. The first-order valence-electron chi connectivity index (χ1n) is 9.09. The van der Waals surface area contributed by atoms with Gasteiger partial charge in [0.1, 0.15) is 0 Å². The van der Waals surface area contributed by atoms with Crippen molar-refractivity contribution in [2.45, 2.75) is 116 Å². The molecule has 0 aliphatic rings. The van der Waals surface area contributed by atoms with Gasteiger partial charge in [-0.25, -0.2) is 0 Å². The summed E-state index contributed by atoms with van der Waals surface area (Å²) in [6.45, 7) is 28.4. The monoisotopic (exact) mass is 338 g/mol. The predicted molar refractivity (Wildman–Crippen MR) is 102 cm³/mol. The molecule has 0 amide bonds. The Morgan fingerprint density at radius 1 is 0.545 bits per heavy atom. The molecule has 0 rings (SSSR count). The first-order valence-corrected chi connectivity index (χ1v) is 9.09. The van der Waals surface area contributed by atoms with Gasteiger partial charge in [-0.05, 0) is 0 Å². The number of unbranched alkanes of at least 4 members (excludes halogenated alkanes) is 1. The number of alkyl halides is 3. The first-order chi connectivity index (χ1) is 10.5. The topological polar surface area (TPSA) is 9.23 Å². The second kappa shape index (κ2) is 106. The predicted octanol–water partition coefficient (Wildman–Crippen LogP) is 9.12. The number of methoxy groups -OCH3 is 1. The second-order valence-corrected chi connectivity index (χ2v) is 1.65. The summed E-state index contributed by atoms with van der Waals surface area (Å²) in [6.07, 6.45) is -1.82. The number of halogens is 3. The van der Waals surface area contributed by atoms with Gasteiger partial charge < -0.3 is 0 Å². The van der Waals surface area contributed by atoms with Gasteiger partial charge in [-0.3, -0.25) is 4.74 Å². The number of rotatable bonds is 1. The van der Waals surface area contributed by atoms with Crippen LogP contribution in [0.4, 0.5) is 13.2 Å². The van der Waals surface area contributed by atoms with Gasteiger partial charge >= 0.3 is 6.36 Å². The summed E-state index contributed by atoms with van der Waals surface area (Å²) in [6, 6.07) is 0. The molecule has 1 nitrogen and oxygen atoms in total. The number of hydrogen-bond donors (Lipinski definition) is 0. The zero-order valence-electron chi connectivity index (χ0n) is 18.5. The first kappa shape index (κ1) is 49.5. The maximum absolute atomic E-state index is 10.6. The molecule has 0 bridgehead atoms. The van der Waals surface area contributed by atoms with Crippen LogP contribution < -0.4 is 0 Å². The quantitative estimate of drug-likeness (QED) is 0.463. The standard InChI is InChI=1S/C4H10.C2H3F3O.6C2H6/c1-3-4-2;1-6-2(3,4)5;6*1-2/h3-4H2,1-2H3;1H3;6*1-2H3. The van der Waals surface area contributed by atoms with E-state index in [9.17, 15) is 13.2 Å². The lowest BCUT2D eigenvalue weighted by atomic mass is 10.4. The van der Waals surface area contributed by atoms with Gasteiger partial charge in [-0.1, -0.05) is 110 Å². The smallest absolute Gasteiger partial charge is 0.295 e. The molecular formula is C18H49F3O. The Hall–Kier alpha value is -0.250. The SMILES string of the molecule is CC.CC.CC.CC.CC.CC.CCCC.COC(F)(F)F. The van der Waals surface area contributed by atoms with E-state index in [0.29, 0.717) is 7.11 Å². The van der Waals surface area contributed by atoms with Crippen LogP contribution >= 0.6 is 0 Å². The van der Waals surface area contributed by atoms with Gasteiger partial charge in [-0.15, -0.1) is 13.2 Å². The highest BCUT2D eigenvalue weighted by molar-refractivity contribution is 4.15. The molecule has 0 N–H and O–H groups in total. The molecule has 148 valence electrons. The van der Waals surface area contributed by atoms with Crippen molar-refractivity contribution in [3.63, 3.8) is 0 Å². The van der Waals surface area contributed by atoms with E-state index in [-0.39, 0.29) is 0 Å². The van der Waals surface area contributed by atoms with Crippen molar-refractivity contribution in [3.8, 4) is 0 Å². The molecule has 0 aliphatic heterocycles. The lowest BCUT2D eigenvalue weighted by Crippen LogP contribution is -2.08. The van der Waals surface area contributed by atoms with Gasteiger partial charge in [-0.2, -0.15) is 0 Å². The Bertz CT molecular complexity index is 63.8. The maximum Gasteiger partial charge on any atom is 0.522 e. The fourth-order valence-electron chi connectivity index (χ4n) is 0. The highest BCUT2D eigenvalue weighted by Gasteiger charge is 2.25. The van der Waals surface area contributed by atoms with Crippen LogP contribution in [-0.4, -0.2) is 13.5 Å². The molecule has 0 saturated heterocycles. The molecule has 0 atom stereocenters. The van der Waals surface area contributed by atoms with Crippen LogP contribution in [0.3, 0.4) is 0 Å². The highest BCUT2D eigenvalue weighted by atomic mass is 19.4. The van der Waals surface area contributed by atoms with Gasteiger partial charge in [0, 0.05) is 7.11 Å². The molecule has 4 heteroatoms. The average molecular weight is 339 g/mol. The van der Waals surface area contributed by atoms with E-state index in [4.69, 9.17) is 0 Å². The minimum absolute atomic E-state index is 0.583. The molecule has 0 aromatic heterocycles. The van der Waals surface area contributed by atoms with Gasteiger partial charge in [0.15, 0.2) is 0 Å². The summed E-state index contributed by atoms with van der Waals surface area (Å²) in [4.78, 5) is 0. The number of hydrogen-bond acceptors (Lipinski definition) is 1. The second-order valence-electron chi connectivity index (χ2n) is 1.65. The van der Waals surface area contributed by atoms with Gasteiger partial charge in [0.05, 0.1) is 0 Å². The van der Waals surface area contributed by atoms with Crippen LogP contribution in [0.25, 0.3) is 0 Å². The van der Waals surface area contributed by atoms with Gasteiger partial charge in [0.2, 0.25) is 0 Å². The third-order valence-corrected chi connectivity index (χ3v) is 0.731. The molecule has 0 spiro atoms. The molecule has 0 aromatic rings. The van der Waals surface area contributed by atoms with E-state index in [0.717, 1.165) is 0 Å². The average Bonchev–Trinajstić information content (AvgIpc) is 2.65. The Morgan fingerprint density at radius 3 is 0.636 bits per heavy atom. The number of ether oxygens (including phenoxy) is 1. The fraction of sp³-hybridized carbons (Fsp3) is 1.00. The van der Waals surface area contributed by atoms with Crippen LogP contribution in [-0.2, 0) is 4.74 Å². The Kier molecular flexibility index (Phi) is 238. The fourth-order valence-corrected chi connectivity index (χ4v) is 0. The summed E-state index contributed by atoms with van der Waals surface area (Å²) in [5.74, 6) is 0. The van der Waals surface area contributed by atoms with E-state index in [1.165, 1.54) is 12.8 Å². The lowest BCUT2D eigenvalue weighted by molar-refractivity contribution is -0.311. The van der Waals surface area contributed by atoms with Crippen LogP contribution in [0.15, 0.2) is 0 Å². The Morgan fingerprint density at radius 2 is 0.636 bits per heavy atom. The third kappa shape index (κ3) is 494. The minimum atomic E-state index is -4.46. The zero-order valence-corrected chi connectivity index (χ0v) is 18.5. The highest BCUT2D eigenvalue weighted by Crippen LogP contribution is 2.13. The van der Waals surface area contributed by atoms with Crippen molar-refractivity contribution in [3.05, 3.63) is 0 Å². The summed E-state index contributed by atoms with van der Waals surface area (Å²) < 4.78 is 34.6. The summed E-state index contributed by atoms with van der Waals surface area (Å²) in [5.41, 5.74) is 0. The van der Waals surface area contributed by atoms with E-state index in [1.807, 2.05) is 83.1 Å². The lowest BCUT2D eigenvalue weighted by Gasteiger charge is -1.97. The minimum Gasteiger partial charge on any atom is -0.295 e. The largest absolute Gasteiger partial charge is 0.522 e. The van der Waals surface area contributed by atoms with Crippen molar-refractivity contribution in [1.29, 1.82) is 0 Å². The summed E-state index contributed by atoms with van der Waals surface area (Å²) in [7, 11) is 0.583. The van der Waals surface area contributed by atoms with Crippen molar-refractivity contribution in [2.75, 3.05) is 7.11 Å². The van der Waals surface area contributed by atoms with Crippen LogP contribution in [0.5, 0.6) is 0 Å². The third-order valence-electron chi connectivity index (χ3n) is 0.731. The maximum atomic E-state index is 10.6. The van der Waals surface area contributed by atoms with E-state index in [2.05, 4.69) is 18.6 Å². The molecule has 0 aliphatic carbocycles. The van der Waals surface area contributed by atoms with Crippen molar-refractivity contribution < 1.29 is 17.9 Å². The van der Waals surface area contributed by atoms with Crippen LogP contribution in [0.2, 0.25) is 0 Å². The van der Waals surface area contributed by atoms with E-state index >= 15 is 0 Å². The van der Waals surface area contributed by atoms with E-state index in [1.54, 1.807) is 0 Å². The van der Waals surface area contributed by atoms with Crippen molar-refractivity contribution in [1.82, 2.24) is 0 Å². The van der Waals surface area contributed by atoms with Gasteiger partial charge in [0.25, 0.3) is 0 Å². The van der Waals surface area contributed by atoms with Crippen molar-refractivity contribution in [2.24, 2.45) is 0 Å². The van der Waals surface area contributed by atoms with E-state index < -0.39 is 6.36 Å². The normalized spacial score (nSPS) is 6.27. The molecule has 0 unspecified atom stereocenters. The molecular weight excluding hydrogens is 289 g/mol. The molecule has 0 saturated carbocycles.